The van der Waals surface area contributed by atoms with Crippen molar-refractivity contribution in [2.75, 3.05) is 12.8 Å². The van der Waals surface area contributed by atoms with E-state index in [2.05, 4.69) is 9.97 Å². The van der Waals surface area contributed by atoms with Gasteiger partial charge in [-0.05, 0) is 32.6 Å². The monoisotopic (exact) mass is 225 g/mol. The SMILES string of the molecule is COC1(c2nc(C)c(F)c(N)n2)CCCC1. The summed E-state index contributed by atoms with van der Waals surface area (Å²) < 4.78 is 18.9. The summed E-state index contributed by atoms with van der Waals surface area (Å²) in [5.41, 5.74) is 5.34. The number of nitrogen functional groups attached to an aromatic ring is 1. The third-order valence-corrected chi connectivity index (χ3v) is 3.25. The average Bonchev–Trinajstić information content (AvgIpc) is 2.75. The van der Waals surface area contributed by atoms with E-state index >= 15 is 0 Å². The molecule has 4 nitrogen and oxygen atoms in total. The molecule has 1 saturated carbocycles. The smallest absolute Gasteiger partial charge is 0.186 e. The topological polar surface area (TPSA) is 61.0 Å². The van der Waals surface area contributed by atoms with Gasteiger partial charge in [-0.1, -0.05) is 0 Å². The molecule has 16 heavy (non-hydrogen) atoms. The number of nitrogens with zero attached hydrogens (tertiary/aromatic N) is 2. The van der Waals surface area contributed by atoms with Crippen molar-refractivity contribution in [3.8, 4) is 0 Å². The Morgan fingerprint density at radius 3 is 2.44 bits per heavy atom. The molecule has 1 aliphatic carbocycles. The van der Waals surface area contributed by atoms with Crippen LogP contribution in [0.4, 0.5) is 10.2 Å². The van der Waals surface area contributed by atoms with Gasteiger partial charge in [0.05, 0.1) is 5.69 Å². The van der Waals surface area contributed by atoms with Crippen LogP contribution in [-0.4, -0.2) is 17.1 Å². The standard InChI is InChI=1S/C11H16FN3O/c1-7-8(12)9(13)15-10(14-7)11(16-2)5-3-4-6-11/h3-6H2,1-2H3,(H2,13,14,15). The van der Waals surface area contributed by atoms with Gasteiger partial charge in [-0.25, -0.2) is 14.4 Å². The fourth-order valence-electron chi connectivity index (χ4n) is 2.25. The molecular formula is C11H16FN3O. The van der Waals surface area contributed by atoms with Crippen LogP contribution in [0.2, 0.25) is 0 Å². The molecule has 0 amide bonds. The van der Waals surface area contributed by atoms with Crippen LogP contribution in [0.5, 0.6) is 0 Å². The van der Waals surface area contributed by atoms with Crippen LogP contribution < -0.4 is 5.73 Å². The Morgan fingerprint density at radius 2 is 1.94 bits per heavy atom. The Balaban J connectivity index is 2.47. The number of ether oxygens (including phenoxy) is 1. The Bertz CT molecular complexity index is 379. The van der Waals surface area contributed by atoms with Crippen LogP contribution in [0.3, 0.4) is 0 Å². The lowest BCUT2D eigenvalue weighted by Gasteiger charge is -2.26. The molecule has 0 radical (unpaired) electrons. The van der Waals surface area contributed by atoms with Gasteiger partial charge >= 0.3 is 0 Å². The summed E-state index contributed by atoms with van der Waals surface area (Å²) in [5.74, 6) is -0.109. The molecular weight excluding hydrogens is 209 g/mol. The molecule has 0 aliphatic heterocycles. The molecule has 0 saturated heterocycles. The second-order valence-electron chi connectivity index (χ2n) is 4.24. The molecule has 1 heterocycles. The first-order chi connectivity index (χ1) is 7.59. The van der Waals surface area contributed by atoms with Gasteiger partial charge in [0.1, 0.15) is 5.60 Å². The van der Waals surface area contributed by atoms with Crippen molar-refractivity contribution >= 4 is 5.82 Å². The van der Waals surface area contributed by atoms with E-state index in [0.29, 0.717) is 5.82 Å². The highest BCUT2D eigenvalue weighted by molar-refractivity contribution is 5.33. The summed E-state index contributed by atoms with van der Waals surface area (Å²) in [6, 6.07) is 0. The summed E-state index contributed by atoms with van der Waals surface area (Å²) >= 11 is 0. The highest BCUT2D eigenvalue weighted by Crippen LogP contribution is 2.40. The van der Waals surface area contributed by atoms with Gasteiger partial charge in [0.25, 0.3) is 0 Å². The number of nitrogens with two attached hydrogens (primary N) is 1. The Morgan fingerprint density at radius 1 is 1.31 bits per heavy atom. The predicted octanol–water partition coefficient (Wildman–Crippen LogP) is 1.92. The molecule has 0 spiro atoms. The van der Waals surface area contributed by atoms with E-state index in [4.69, 9.17) is 10.5 Å². The molecule has 1 aliphatic rings. The number of anilines is 1. The number of hydrogen-bond donors (Lipinski definition) is 1. The van der Waals surface area contributed by atoms with E-state index in [1.807, 2.05) is 0 Å². The fraction of sp³-hybridized carbons (Fsp3) is 0.636. The quantitative estimate of drug-likeness (QED) is 0.835. The summed E-state index contributed by atoms with van der Waals surface area (Å²) in [4.78, 5) is 8.19. The molecule has 2 rings (SSSR count). The number of hydrogen-bond acceptors (Lipinski definition) is 4. The molecule has 5 heteroatoms. The minimum Gasteiger partial charge on any atom is -0.381 e. The van der Waals surface area contributed by atoms with E-state index in [1.165, 1.54) is 0 Å². The zero-order chi connectivity index (χ0) is 11.8. The van der Waals surface area contributed by atoms with Crippen molar-refractivity contribution in [2.45, 2.75) is 38.2 Å². The highest BCUT2D eigenvalue weighted by atomic mass is 19.1. The van der Waals surface area contributed by atoms with E-state index in [-0.39, 0.29) is 11.5 Å². The van der Waals surface area contributed by atoms with Crippen molar-refractivity contribution in [3.63, 3.8) is 0 Å². The zero-order valence-electron chi connectivity index (χ0n) is 9.59. The van der Waals surface area contributed by atoms with Gasteiger partial charge in [-0.15, -0.1) is 0 Å². The van der Waals surface area contributed by atoms with E-state index in [9.17, 15) is 4.39 Å². The molecule has 1 fully saturated rings. The van der Waals surface area contributed by atoms with Crippen molar-refractivity contribution in [1.29, 1.82) is 0 Å². The van der Waals surface area contributed by atoms with E-state index < -0.39 is 11.4 Å². The summed E-state index contributed by atoms with van der Waals surface area (Å²) in [7, 11) is 1.64. The number of halogens is 1. The maximum Gasteiger partial charge on any atom is 0.186 e. The van der Waals surface area contributed by atoms with E-state index in [1.54, 1.807) is 14.0 Å². The van der Waals surface area contributed by atoms with Crippen LogP contribution in [-0.2, 0) is 10.3 Å². The largest absolute Gasteiger partial charge is 0.381 e. The van der Waals surface area contributed by atoms with Crippen LogP contribution in [0, 0.1) is 12.7 Å². The summed E-state index contributed by atoms with van der Waals surface area (Å²) in [6.45, 7) is 1.59. The van der Waals surface area contributed by atoms with Gasteiger partial charge in [0.2, 0.25) is 0 Å². The summed E-state index contributed by atoms with van der Waals surface area (Å²) in [6.07, 6.45) is 3.89. The molecule has 2 N–H and O–H groups in total. The van der Waals surface area contributed by atoms with Crippen LogP contribution in [0.25, 0.3) is 0 Å². The molecule has 1 aromatic rings. The van der Waals surface area contributed by atoms with Crippen LogP contribution >= 0.6 is 0 Å². The molecule has 0 atom stereocenters. The van der Waals surface area contributed by atoms with Crippen molar-refractivity contribution < 1.29 is 9.13 Å². The fourth-order valence-corrected chi connectivity index (χ4v) is 2.25. The number of rotatable bonds is 2. The normalized spacial score (nSPS) is 18.9. The van der Waals surface area contributed by atoms with Gasteiger partial charge in [0.15, 0.2) is 17.5 Å². The maximum atomic E-state index is 13.3. The lowest BCUT2D eigenvalue weighted by molar-refractivity contribution is -0.0164. The lowest BCUT2D eigenvalue weighted by Crippen LogP contribution is -2.28. The first kappa shape index (κ1) is 11.3. The third kappa shape index (κ3) is 1.65. The van der Waals surface area contributed by atoms with E-state index in [0.717, 1.165) is 25.7 Å². The van der Waals surface area contributed by atoms with Crippen LogP contribution in [0.15, 0.2) is 0 Å². The van der Waals surface area contributed by atoms with Gasteiger partial charge < -0.3 is 10.5 Å². The lowest BCUT2D eigenvalue weighted by atomic mass is 10.0. The zero-order valence-corrected chi connectivity index (χ0v) is 9.59. The number of aromatic nitrogens is 2. The predicted molar refractivity (Wildman–Crippen MR) is 58.3 cm³/mol. The number of aryl methyl sites for hydroxylation is 1. The molecule has 88 valence electrons. The minimum atomic E-state index is -0.534. The molecule has 0 aromatic carbocycles. The second kappa shape index (κ2) is 3.97. The van der Waals surface area contributed by atoms with Gasteiger partial charge in [-0.3, -0.25) is 0 Å². The minimum absolute atomic E-state index is 0.0918. The van der Waals surface area contributed by atoms with Gasteiger partial charge in [0, 0.05) is 7.11 Å². The van der Waals surface area contributed by atoms with Crippen LogP contribution in [0.1, 0.15) is 37.2 Å². The van der Waals surface area contributed by atoms with Crippen molar-refractivity contribution in [1.82, 2.24) is 9.97 Å². The average molecular weight is 225 g/mol. The third-order valence-electron chi connectivity index (χ3n) is 3.25. The maximum absolute atomic E-state index is 13.3. The second-order valence-corrected chi connectivity index (χ2v) is 4.24. The molecule has 1 aromatic heterocycles. The molecule has 0 bridgehead atoms. The van der Waals surface area contributed by atoms with Crippen molar-refractivity contribution in [2.24, 2.45) is 0 Å². The highest BCUT2D eigenvalue weighted by Gasteiger charge is 2.39. The van der Waals surface area contributed by atoms with Gasteiger partial charge in [-0.2, -0.15) is 0 Å². The number of methoxy groups -OCH3 is 1. The Kier molecular flexibility index (Phi) is 2.80. The van der Waals surface area contributed by atoms with Crippen molar-refractivity contribution in [3.05, 3.63) is 17.3 Å². The first-order valence-corrected chi connectivity index (χ1v) is 5.44. The first-order valence-electron chi connectivity index (χ1n) is 5.44. The summed E-state index contributed by atoms with van der Waals surface area (Å²) in [5, 5.41) is 0. The Hall–Kier alpha value is -1.23. The Labute approximate surface area is 94.0 Å². The molecule has 0 unspecified atom stereocenters.